The predicted octanol–water partition coefficient (Wildman–Crippen LogP) is 2.55. The second-order valence-electron chi connectivity index (χ2n) is 5.69. The summed E-state index contributed by atoms with van der Waals surface area (Å²) in [4.78, 5) is 22.1. The van der Waals surface area contributed by atoms with E-state index < -0.39 is 4.92 Å². The standard InChI is InChI=1S/C14H17N3O3/c1-8-4-10(8)7-15-12-5-9-2-3-14(18)16-11(9)6-13(12)17(19)20/h5-6,8,10,15H,2-4,7H2,1H3,(H,16,18). The summed E-state index contributed by atoms with van der Waals surface area (Å²) in [6.45, 7) is 2.95. The SMILES string of the molecule is CC1CC1CNc1cc2c(cc1[N+](=O)[O-])NC(=O)CC2. The molecule has 0 aromatic heterocycles. The van der Waals surface area contributed by atoms with E-state index >= 15 is 0 Å². The van der Waals surface area contributed by atoms with Gasteiger partial charge in [-0.25, -0.2) is 0 Å². The van der Waals surface area contributed by atoms with Gasteiger partial charge >= 0.3 is 0 Å². The van der Waals surface area contributed by atoms with Crippen molar-refractivity contribution in [3.63, 3.8) is 0 Å². The Bertz CT molecular complexity index is 585. The molecule has 106 valence electrons. The third-order valence-electron chi connectivity index (χ3n) is 4.14. The minimum atomic E-state index is -0.403. The second kappa shape index (κ2) is 4.77. The molecular formula is C14H17N3O3. The molecule has 1 aromatic rings. The summed E-state index contributed by atoms with van der Waals surface area (Å²) in [6.07, 6.45) is 2.25. The number of rotatable bonds is 4. The van der Waals surface area contributed by atoms with E-state index in [1.54, 1.807) is 6.07 Å². The average molecular weight is 275 g/mol. The van der Waals surface area contributed by atoms with Gasteiger partial charge in [0.2, 0.25) is 5.91 Å². The number of carbonyl (C=O) groups excluding carboxylic acids is 1. The molecular weight excluding hydrogens is 258 g/mol. The molecule has 1 aromatic carbocycles. The highest BCUT2D eigenvalue weighted by Gasteiger charge is 2.32. The van der Waals surface area contributed by atoms with Crippen LogP contribution in [0.5, 0.6) is 0 Å². The summed E-state index contributed by atoms with van der Waals surface area (Å²) in [5.41, 5.74) is 2.11. The van der Waals surface area contributed by atoms with Crippen molar-refractivity contribution in [1.82, 2.24) is 0 Å². The first-order chi connectivity index (χ1) is 9.54. The molecule has 0 radical (unpaired) electrons. The average Bonchev–Trinajstić information content (AvgIpc) is 3.11. The number of amides is 1. The maximum Gasteiger partial charge on any atom is 0.294 e. The van der Waals surface area contributed by atoms with Crippen LogP contribution in [0.15, 0.2) is 12.1 Å². The van der Waals surface area contributed by atoms with Crippen molar-refractivity contribution in [2.24, 2.45) is 11.8 Å². The van der Waals surface area contributed by atoms with Gasteiger partial charge in [-0.05, 0) is 36.3 Å². The van der Waals surface area contributed by atoms with Crippen molar-refractivity contribution in [3.8, 4) is 0 Å². The minimum absolute atomic E-state index is 0.0271. The quantitative estimate of drug-likeness (QED) is 0.653. The molecule has 0 bridgehead atoms. The number of hydrogen-bond acceptors (Lipinski definition) is 4. The van der Waals surface area contributed by atoms with Crippen molar-refractivity contribution in [3.05, 3.63) is 27.8 Å². The molecule has 3 rings (SSSR count). The van der Waals surface area contributed by atoms with Crippen molar-refractivity contribution in [1.29, 1.82) is 0 Å². The van der Waals surface area contributed by atoms with Gasteiger partial charge in [-0.3, -0.25) is 14.9 Å². The zero-order valence-electron chi connectivity index (χ0n) is 11.3. The summed E-state index contributed by atoms with van der Waals surface area (Å²) in [5.74, 6) is 1.24. The number of nitrogens with zero attached hydrogens (tertiary/aromatic N) is 1. The van der Waals surface area contributed by atoms with Gasteiger partial charge < -0.3 is 10.6 Å². The Morgan fingerprint density at radius 1 is 1.45 bits per heavy atom. The number of nitrogens with one attached hydrogen (secondary N) is 2. The van der Waals surface area contributed by atoms with E-state index in [2.05, 4.69) is 17.6 Å². The Hall–Kier alpha value is -2.11. The minimum Gasteiger partial charge on any atom is -0.379 e. The van der Waals surface area contributed by atoms with Crippen LogP contribution >= 0.6 is 0 Å². The molecule has 2 atom stereocenters. The number of nitro groups is 1. The third-order valence-corrected chi connectivity index (χ3v) is 4.14. The van der Waals surface area contributed by atoms with Gasteiger partial charge in [-0.2, -0.15) is 0 Å². The van der Waals surface area contributed by atoms with Crippen LogP contribution in [-0.4, -0.2) is 17.4 Å². The Morgan fingerprint density at radius 2 is 2.20 bits per heavy atom. The lowest BCUT2D eigenvalue weighted by Crippen LogP contribution is -2.19. The van der Waals surface area contributed by atoms with Crippen molar-refractivity contribution in [2.45, 2.75) is 26.2 Å². The van der Waals surface area contributed by atoms with Crippen molar-refractivity contribution < 1.29 is 9.72 Å². The fraction of sp³-hybridized carbons (Fsp3) is 0.500. The maximum absolute atomic E-state index is 11.4. The number of benzene rings is 1. The Labute approximate surface area is 116 Å². The van der Waals surface area contributed by atoms with Gasteiger partial charge in [0.05, 0.1) is 10.6 Å². The Balaban J connectivity index is 1.87. The first-order valence-corrected chi connectivity index (χ1v) is 6.89. The van der Waals surface area contributed by atoms with Gasteiger partial charge in [0.25, 0.3) is 5.69 Å². The molecule has 20 heavy (non-hydrogen) atoms. The monoisotopic (exact) mass is 275 g/mol. The van der Waals surface area contributed by atoms with Gasteiger partial charge in [-0.15, -0.1) is 0 Å². The van der Waals surface area contributed by atoms with Crippen LogP contribution in [0.25, 0.3) is 0 Å². The Kier molecular flexibility index (Phi) is 3.08. The molecule has 2 aliphatic rings. The van der Waals surface area contributed by atoms with Crippen LogP contribution in [0.1, 0.15) is 25.3 Å². The normalized spacial score (nSPS) is 23.8. The largest absolute Gasteiger partial charge is 0.379 e. The second-order valence-corrected chi connectivity index (χ2v) is 5.69. The van der Waals surface area contributed by atoms with Crippen LogP contribution in [0.3, 0.4) is 0 Å². The summed E-state index contributed by atoms with van der Waals surface area (Å²) < 4.78 is 0. The number of carbonyl (C=O) groups is 1. The molecule has 2 unspecified atom stereocenters. The number of fused-ring (bicyclic) bond motifs is 1. The van der Waals surface area contributed by atoms with Gasteiger partial charge in [-0.1, -0.05) is 6.92 Å². The van der Waals surface area contributed by atoms with Crippen LogP contribution < -0.4 is 10.6 Å². The predicted molar refractivity (Wildman–Crippen MR) is 75.8 cm³/mol. The van der Waals surface area contributed by atoms with E-state index in [0.717, 1.165) is 12.1 Å². The van der Waals surface area contributed by atoms with Crippen LogP contribution in [0, 0.1) is 22.0 Å². The molecule has 1 aliphatic carbocycles. The Morgan fingerprint density at radius 3 is 2.85 bits per heavy atom. The van der Waals surface area contributed by atoms with Crippen LogP contribution in [-0.2, 0) is 11.2 Å². The van der Waals surface area contributed by atoms with Crippen molar-refractivity contribution in [2.75, 3.05) is 17.2 Å². The van der Waals surface area contributed by atoms with Gasteiger partial charge in [0.15, 0.2) is 0 Å². The first kappa shape index (κ1) is 12.9. The molecule has 0 saturated heterocycles. The number of anilines is 2. The van der Waals surface area contributed by atoms with E-state index in [1.165, 1.54) is 12.5 Å². The van der Waals surface area contributed by atoms with E-state index in [9.17, 15) is 14.9 Å². The number of nitro benzene ring substituents is 1. The number of aryl methyl sites for hydroxylation is 1. The van der Waals surface area contributed by atoms with E-state index in [4.69, 9.17) is 0 Å². The lowest BCUT2D eigenvalue weighted by atomic mass is 10.0. The van der Waals surface area contributed by atoms with Gasteiger partial charge in [0, 0.05) is 19.0 Å². The summed E-state index contributed by atoms with van der Waals surface area (Å²) in [6, 6.07) is 3.27. The number of hydrogen-bond donors (Lipinski definition) is 2. The van der Waals surface area contributed by atoms with E-state index in [-0.39, 0.29) is 11.6 Å². The highest BCUT2D eigenvalue weighted by molar-refractivity contribution is 5.95. The molecule has 6 nitrogen and oxygen atoms in total. The van der Waals surface area contributed by atoms with Crippen LogP contribution in [0.2, 0.25) is 0 Å². The lowest BCUT2D eigenvalue weighted by Gasteiger charge is -2.18. The molecule has 0 spiro atoms. The highest BCUT2D eigenvalue weighted by atomic mass is 16.6. The molecule has 6 heteroatoms. The fourth-order valence-corrected chi connectivity index (χ4v) is 2.63. The summed E-state index contributed by atoms with van der Waals surface area (Å²) >= 11 is 0. The summed E-state index contributed by atoms with van der Waals surface area (Å²) in [5, 5.41) is 17.1. The molecule has 1 saturated carbocycles. The van der Waals surface area contributed by atoms with Gasteiger partial charge in [0.1, 0.15) is 5.69 Å². The fourth-order valence-electron chi connectivity index (χ4n) is 2.63. The zero-order valence-corrected chi connectivity index (χ0v) is 11.3. The van der Waals surface area contributed by atoms with E-state index in [0.29, 0.717) is 36.1 Å². The molecule has 1 heterocycles. The molecule has 1 aliphatic heterocycles. The zero-order chi connectivity index (χ0) is 14.3. The lowest BCUT2D eigenvalue weighted by molar-refractivity contribution is -0.383. The smallest absolute Gasteiger partial charge is 0.294 e. The maximum atomic E-state index is 11.4. The molecule has 1 amide bonds. The summed E-state index contributed by atoms with van der Waals surface area (Å²) in [7, 11) is 0. The third kappa shape index (κ3) is 2.45. The molecule has 1 fully saturated rings. The van der Waals surface area contributed by atoms with Crippen LogP contribution in [0.4, 0.5) is 17.1 Å². The van der Waals surface area contributed by atoms with E-state index in [1.807, 2.05) is 0 Å². The first-order valence-electron chi connectivity index (χ1n) is 6.89. The van der Waals surface area contributed by atoms with Crippen molar-refractivity contribution >= 4 is 23.0 Å². The topological polar surface area (TPSA) is 84.3 Å². The molecule has 2 N–H and O–H groups in total. The highest BCUT2D eigenvalue weighted by Crippen LogP contribution is 2.39.